The van der Waals surface area contributed by atoms with Gasteiger partial charge in [-0.3, -0.25) is 9.89 Å². The van der Waals surface area contributed by atoms with E-state index in [1.165, 1.54) is 16.6 Å². The van der Waals surface area contributed by atoms with E-state index in [2.05, 4.69) is 21.3 Å². The summed E-state index contributed by atoms with van der Waals surface area (Å²) >= 11 is 3.04. The molecule has 1 aliphatic carbocycles. The molecular formula is C17H20N4OS2. The highest BCUT2D eigenvalue weighted by molar-refractivity contribution is 7.99. The van der Waals surface area contributed by atoms with E-state index in [0.717, 1.165) is 25.0 Å². The topological polar surface area (TPSA) is 61.9 Å². The van der Waals surface area contributed by atoms with Crippen molar-refractivity contribution in [1.29, 1.82) is 0 Å². The van der Waals surface area contributed by atoms with Gasteiger partial charge in [0.05, 0.1) is 5.75 Å². The van der Waals surface area contributed by atoms with Crippen molar-refractivity contribution in [1.82, 2.24) is 20.1 Å². The standard InChI is InChI=1S/C17H20N4OS2/c1-2-21(13-6-3-4-7-13)16(22)12-24-17-18-15(19-20-17)10-9-14-8-5-11-23-14/h5-6,8-11H,2-4,7,12H2,1H3,(H,18,19,20). The fourth-order valence-electron chi connectivity index (χ4n) is 2.59. The van der Waals surface area contributed by atoms with Gasteiger partial charge in [0, 0.05) is 17.1 Å². The lowest BCUT2D eigenvalue weighted by Gasteiger charge is -2.21. The quantitative estimate of drug-likeness (QED) is 0.757. The number of carbonyl (C=O) groups excluding carboxylic acids is 1. The summed E-state index contributed by atoms with van der Waals surface area (Å²) in [4.78, 5) is 19.8. The smallest absolute Gasteiger partial charge is 0.237 e. The van der Waals surface area contributed by atoms with Crippen LogP contribution in [-0.4, -0.2) is 38.3 Å². The number of amides is 1. The Morgan fingerprint density at radius 2 is 2.42 bits per heavy atom. The summed E-state index contributed by atoms with van der Waals surface area (Å²) in [5, 5.41) is 9.69. The van der Waals surface area contributed by atoms with Crippen LogP contribution in [0.3, 0.4) is 0 Å². The van der Waals surface area contributed by atoms with Crippen molar-refractivity contribution in [2.24, 2.45) is 0 Å². The van der Waals surface area contributed by atoms with Crippen LogP contribution in [0.5, 0.6) is 0 Å². The maximum absolute atomic E-state index is 12.4. The Balaban J connectivity index is 1.54. The van der Waals surface area contributed by atoms with E-state index in [1.807, 2.05) is 41.5 Å². The van der Waals surface area contributed by atoms with E-state index >= 15 is 0 Å². The van der Waals surface area contributed by atoms with Crippen LogP contribution >= 0.6 is 23.1 Å². The van der Waals surface area contributed by atoms with Gasteiger partial charge in [0.15, 0.2) is 0 Å². The van der Waals surface area contributed by atoms with Gasteiger partial charge in [-0.2, -0.15) is 0 Å². The molecule has 1 amide bonds. The third-order valence-electron chi connectivity index (χ3n) is 3.74. The summed E-state index contributed by atoms with van der Waals surface area (Å²) in [6.45, 7) is 2.73. The van der Waals surface area contributed by atoms with Crippen LogP contribution < -0.4 is 0 Å². The molecule has 126 valence electrons. The average molecular weight is 361 g/mol. The van der Waals surface area contributed by atoms with E-state index in [1.54, 1.807) is 11.3 Å². The molecule has 0 saturated carbocycles. The van der Waals surface area contributed by atoms with Crippen LogP contribution in [0.15, 0.2) is 34.4 Å². The number of rotatable bonds is 7. The SMILES string of the molecule is CCN(C(=O)CSc1n[nH]c(C=Cc2cccs2)n1)C1=CCCC1. The second-order valence-corrected chi connectivity index (χ2v) is 7.29. The van der Waals surface area contributed by atoms with Crippen molar-refractivity contribution in [2.45, 2.75) is 31.3 Å². The Labute approximate surface area is 149 Å². The molecule has 24 heavy (non-hydrogen) atoms. The molecule has 5 nitrogen and oxygen atoms in total. The van der Waals surface area contributed by atoms with Crippen LogP contribution in [0.2, 0.25) is 0 Å². The highest BCUT2D eigenvalue weighted by Gasteiger charge is 2.19. The van der Waals surface area contributed by atoms with Gasteiger partial charge < -0.3 is 4.90 Å². The minimum Gasteiger partial charge on any atom is -0.316 e. The summed E-state index contributed by atoms with van der Waals surface area (Å²) in [5.41, 5.74) is 1.16. The first kappa shape index (κ1) is 17.0. The van der Waals surface area contributed by atoms with Crippen LogP contribution in [0.1, 0.15) is 36.9 Å². The fraction of sp³-hybridized carbons (Fsp3) is 0.353. The summed E-state index contributed by atoms with van der Waals surface area (Å²) in [6.07, 6.45) is 9.29. The normalized spacial score (nSPS) is 14.3. The maximum atomic E-state index is 12.4. The van der Waals surface area contributed by atoms with Crippen molar-refractivity contribution in [3.05, 3.63) is 40.0 Å². The van der Waals surface area contributed by atoms with Gasteiger partial charge in [-0.1, -0.05) is 23.9 Å². The van der Waals surface area contributed by atoms with Crippen molar-refractivity contribution in [3.8, 4) is 0 Å². The van der Waals surface area contributed by atoms with Gasteiger partial charge in [-0.15, -0.1) is 16.4 Å². The molecule has 0 aliphatic heterocycles. The molecular weight excluding hydrogens is 340 g/mol. The molecule has 3 rings (SSSR count). The molecule has 0 aromatic carbocycles. The minimum absolute atomic E-state index is 0.121. The molecule has 0 bridgehead atoms. The third kappa shape index (κ3) is 4.36. The van der Waals surface area contributed by atoms with Crippen molar-refractivity contribution >= 4 is 41.2 Å². The lowest BCUT2D eigenvalue weighted by molar-refractivity contribution is -0.126. The fourth-order valence-corrected chi connectivity index (χ4v) is 3.89. The molecule has 0 radical (unpaired) electrons. The second-order valence-electron chi connectivity index (χ2n) is 5.37. The molecule has 7 heteroatoms. The predicted octanol–water partition coefficient (Wildman–Crippen LogP) is 4.05. The number of thioether (sulfide) groups is 1. The van der Waals surface area contributed by atoms with Crippen molar-refractivity contribution < 1.29 is 4.79 Å². The maximum Gasteiger partial charge on any atom is 0.237 e. The number of nitrogens with one attached hydrogen (secondary N) is 1. The zero-order chi connectivity index (χ0) is 16.8. The zero-order valence-corrected chi connectivity index (χ0v) is 15.2. The zero-order valence-electron chi connectivity index (χ0n) is 13.6. The Morgan fingerprint density at radius 1 is 1.50 bits per heavy atom. The highest BCUT2D eigenvalue weighted by Crippen LogP contribution is 2.23. The Kier molecular flexibility index (Phi) is 5.87. The number of nitrogens with zero attached hydrogens (tertiary/aromatic N) is 3. The number of hydrogen-bond acceptors (Lipinski definition) is 5. The van der Waals surface area contributed by atoms with Gasteiger partial charge in [0.2, 0.25) is 11.1 Å². The number of carbonyl (C=O) groups is 1. The first-order valence-corrected chi connectivity index (χ1v) is 9.89. The lowest BCUT2D eigenvalue weighted by Crippen LogP contribution is -2.31. The number of thiophene rings is 1. The summed E-state index contributed by atoms with van der Waals surface area (Å²) in [7, 11) is 0. The van der Waals surface area contributed by atoms with Gasteiger partial charge >= 0.3 is 0 Å². The molecule has 2 aromatic heterocycles. The van der Waals surface area contributed by atoms with Gasteiger partial charge in [0.1, 0.15) is 5.82 Å². The molecule has 0 unspecified atom stereocenters. The summed E-state index contributed by atoms with van der Waals surface area (Å²) < 4.78 is 0. The lowest BCUT2D eigenvalue weighted by atomic mass is 10.3. The van der Waals surface area contributed by atoms with Gasteiger partial charge in [-0.25, -0.2) is 4.98 Å². The number of H-pyrrole nitrogens is 1. The molecule has 2 aromatic rings. The van der Waals surface area contributed by atoms with Crippen LogP contribution in [0.4, 0.5) is 0 Å². The van der Waals surface area contributed by atoms with E-state index in [9.17, 15) is 4.79 Å². The van der Waals surface area contributed by atoms with Gasteiger partial charge in [-0.05, 0) is 49.8 Å². The number of aromatic amines is 1. The van der Waals surface area contributed by atoms with Gasteiger partial charge in [0.25, 0.3) is 0 Å². The Hall–Kier alpha value is -1.86. The molecule has 2 heterocycles. The predicted molar refractivity (Wildman–Crippen MR) is 99.7 cm³/mol. The van der Waals surface area contributed by atoms with Crippen molar-refractivity contribution in [2.75, 3.05) is 12.3 Å². The monoisotopic (exact) mass is 360 g/mol. The van der Waals surface area contributed by atoms with E-state index in [-0.39, 0.29) is 5.91 Å². The Morgan fingerprint density at radius 3 is 3.12 bits per heavy atom. The molecule has 0 saturated heterocycles. The minimum atomic E-state index is 0.121. The largest absolute Gasteiger partial charge is 0.316 e. The highest BCUT2D eigenvalue weighted by atomic mass is 32.2. The molecule has 1 aliphatic rings. The second kappa shape index (κ2) is 8.30. The molecule has 1 N–H and O–H groups in total. The first-order valence-electron chi connectivity index (χ1n) is 8.02. The van der Waals surface area contributed by atoms with Crippen LogP contribution in [-0.2, 0) is 4.79 Å². The average Bonchev–Trinajstić information content (AvgIpc) is 3.33. The number of hydrogen-bond donors (Lipinski definition) is 1. The van der Waals surface area contributed by atoms with Crippen molar-refractivity contribution in [3.63, 3.8) is 0 Å². The summed E-state index contributed by atoms with van der Waals surface area (Å²) in [6, 6.07) is 4.06. The van der Waals surface area contributed by atoms with E-state index in [0.29, 0.717) is 23.3 Å². The van der Waals surface area contributed by atoms with Crippen LogP contribution in [0, 0.1) is 0 Å². The first-order chi connectivity index (χ1) is 11.8. The molecule has 0 spiro atoms. The number of aromatic nitrogens is 3. The molecule has 0 fully saturated rings. The van der Waals surface area contributed by atoms with Crippen LogP contribution in [0.25, 0.3) is 12.2 Å². The van der Waals surface area contributed by atoms with E-state index < -0.39 is 0 Å². The molecule has 0 atom stereocenters. The van der Waals surface area contributed by atoms with E-state index in [4.69, 9.17) is 0 Å². The Bertz CT molecular complexity index is 734. The summed E-state index contributed by atoms with van der Waals surface area (Å²) in [5.74, 6) is 1.18. The third-order valence-corrected chi connectivity index (χ3v) is 5.41. The number of allylic oxidation sites excluding steroid dienone is 2.